The van der Waals surface area contributed by atoms with E-state index in [-0.39, 0.29) is 0 Å². The van der Waals surface area contributed by atoms with Gasteiger partial charge in [-0.15, -0.1) is 0 Å². The van der Waals surface area contributed by atoms with Crippen LogP contribution in [0.3, 0.4) is 0 Å². The Kier molecular flexibility index (Phi) is 3.25. The molecule has 3 nitrogen and oxygen atoms in total. The summed E-state index contributed by atoms with van der Waals surface area (Å²) in [7, 11) is 0. The lowest BCUT2D eigenvalue weighted by Crippen LogP contribution is -2.05. The molecule has 0 saturated carbocycles. The first-order chi connectivity index (χ1) is 6.13. The smallest absolute Gasteiger partial charge is 0.0635 e. The van der Waals surface area contributed by atoms with Crippen molar-refractivity contribution in [2.75, 3.05) is 5.73 Å². The van der Waals surface area contributed by atoms with Crippen LogP contribution >= 0.6 is 0 Å². The van der Waals surface area contributed by atoms with E-state index in [0.717, 1.165) is 23.4 Å². The van der Waals surface area contributed by atoms with Gasteiger partial charge in [-0.1, -0.05) is 13.8 Å². The molecular formula is C10H17N3. The van der Waals surface area contributed by atoms with Gasteiger partial charge in [-0.05, 0) is 24.0 Å². The number of aromatic nitrogens is 1. The van der Waals surface area contributed by atoms with Crippen LogP contribution in [0.15, 0.2) is 12.3 Å². The van der Waals surface area contributed by atoms with Gasteiger partial charge in [0.15, 0.2) is 0 Å². The van der Waals surface area contributed by atoms with Crippen molar-refractivity contribution in [3.63, 3.8) is 0 Å². The second kappa shape index (κ2) is 4.23. The molecule has 0 radical (unpaired) electrons. The van der Waals surface area contributed by atoms with Crippen LogP contribution in [0.5, 0.6) is 0 Å². The van der Waals surface area contributed by atoms with Crippen LogP contribution in [-0.4, -0.2) is 4.98 Å². The van der Waals surface area contributed by atoms with Gasteiger partial charge < -0.3 is 11.5 Å². The summed E-state index contributed by atoms with van der Waals surface area (Å²) in [6.45, 7) is 4.80. The van der Waals surface area contributed by atoms with Crippen LogP contribution in [0.25, 0.3) is 0 Å². The van der Waals surface area contributed by atoms with E-state index in [2.05, 4.69) is 18.8 Å². The monoisotopic (exact) mass is 179 g/mol. The second-order valence-corrected chi connectivity index (χ2v) is 3.68. The molecule has 0 atom stereocenters. The molecule has 13 heavy (non-hydrogen) atoms. The first-order valence-electron chi connectivity index (χ1n) is 4.56. The van der Waals surface area contributed by atoms with Crippen LogP contribution in [0, 0.1) is 5.92 Å². The summed E-state index contributed by atoms with van der Waals surface area (Å²) in [5, 5.41) is 0. The fourth-order valence-corrected chi connectivity index (χ4v) is 1.22. The van der Waals surface area contributed by atoms with Crippen molar-refractivity contribution in [1.29, 1.82) is 0 Å². The number of nitrogen functional groups attached to an aromatic ring is 1. The van der Waals surface area contributed by atoms with E-state index >= 15 is 0 Å². The summed E-state index contributed by atoms with van der Waals surface area (Å²) in [6.07, 6.45) is 2.73. The zero-order valence-corrected chi connectivity index (χ0v) is 8.25. The maximum absolute atomic E-state index is 5.83. The molecule has 1 aromatic rings. The molecule has 0 bridgehead atoms. The second-order valence-electron chi connectivity index (χ2n) is 3.68. The van der Waals surface area contributed by atoms with E-state index in [1.807, 2.05) is 6.07 Å². The van der Waals surface area contributed by atoms with Gasteiger partial charge >= 0.3 is 0 Å². The Bertz CT molecular complexity index is 281. The van der Waals surface area contributed by atoms with Crippen LogP contribution in [-0.2, 0) is 13.0 Å². The maximum Gasteiger partial charge on any atom is 0.0635 e. The minimum atomic E-state index is 0.499. The van der Waals surface area contributed by atoms with Crippen LogP contribution < -0.4 is 11.5 Å². The zero-order chi connectivity index (χ0) is 9.84. The van der Waals surface area contributed by atoms with Crippen molar-refractivity contribution < 1.29 is 0 Å². The summed E-state index contributed by atoms with van der Waals surface area (Å²) in [5.41, 5.74) is 14.0. The van der Waals surface area contributed by atoms with Crippen molar-refractivity contribution in [2.45, 2.75) is 26.8 Å². The third-order valence-electron chi connectivity index (χ3n) is 1.90. The predicted octanol–water partition coefficient (Wildman–Crippen LogP) is 1.32. The van der Waals surface area contributed by atoms with Gasteiger partial charge in [-0.25, -0.2) is 0 Å². The first kappa shape index (κ1) is 9.99. The fraction of sp³-hybridized carbons (Fsp3) is 0.500. The average molecular weight is 179 g/mol. The fourth-order valence-electron chi connectivity index (χ4n) is 1.22. The minimum absolute atomic E-state index is 0.499. The molecule has 0 fully saturated rings. The van der Waals surface area contributed by atoms with Gasteiger partial charge in [-0.3, -0.25) is 4.98 Å². The summed E-state index contributed by atoms with van der Waals surface area (Å²) in [6, 6.07) is 1.91. The number of hydrogen-bond donors (Lipinski definition) is 2. The Balaban J connectivity index is 2.85. The topological polar surface area (TPSA) is 64.9 Å². The summed E-state index contributed by atoms with van der Waals surface area (Å²) < 4.78 is 0. The predicted molar refractivity (Wildman–Crippen MR) is 55.1 cm³/mol. The molecule has 0 saturated heterocycles. The SMILES string of the molecule is CC(C)Cc1ncc(CN)cc1N. The largest absolute Gasteiger partial charge is 0.397 e. The lowest BCUT2D eigenvalue weighted by molar-refractivity contribution is 0.636. The third-order valence-corrected chi connectivity index (χ3v) is 1.90. The normalized spacial score (nSPS) is 10.8. The maximum atomic E-state index is 5.83. The molecule has 0 aliphatic heterocycles. The Labute approximate surface area is 79.2 Å². The van der Waals surface area contributed by atoms with Crippen LogP contribution in [0.4, 0.5) is 5.69 Å². The molecule has 72 valence electrons. The minimum Gasteiger partial charge on any atom is -0.397 e. The highest BCUT2D eigenvalue weighted by molar-refractivity contribution is 5.44. The lowest BCUT2D eigenvalue weighted by Gasteiger charge is -2.08. The summed E-state index contributed by atoms with van der Waals surface area (Å²) in [4.78, 5) is 4.28. The highest BCUT2D eigenvalue weighted by Crippen LogP contribution is 2.14. The molecule has 1 heterocycles. The van der Waals surface area contributed by atoms with Gasteiger partial charge in [0, 0.05) is 12.7 Å². The molecule has 0 unspecified atom stereocenters. The van der Waals surface area contributed by atoms with E-state index in [0.29, 0.717) is 12.5 Å². The molecule has 0 aliphatic carbocycles. The molecule has 1 rings (SSSR count). The highest BCUT2D eigenvalue weighted by Gasteiger charge is 2.04. The van der Waals surface area contributed by atoms with E-state index in [4.69, 9.17) is 11.5 Å². The van der Waals surface area contributed by atoms with E-state index in [1.165, 1.54) is 0 Å². The molecule has 0 spiro atoms. The van der Waals surface area contributed by atoms with E-state index in [9.17, 15) is 0 Å². The molecule has 3 heteroatoms. The van der Waals surface area contributed by atoms with Crippen LogP contribution in [0.2, 0.25) is 0 Å². The first-order valence-corrected chi connectivity index (χ1v) is 4.56. The summed E-state index contributed by atoms with van der Waals surface area (Å²) >= 11 is 0. The van der Waals surface area contributed by atoms with E-state index in [1.54, 1.807) is 6.20 Å². The molecule has 4 N–H and O–H groups in total. The summed E-state index contributed by atoms with van der Waals surface area (Å²) in [5.74, 6) is 0.582. The lowest BCUT2D eigenvalue weighted by atomic mass is 10.1. The number of hydrogen-bond acceptors (Lipinski definition) is 3. The number of rotatable bonds is 3. The van der Waals surface area contributed by atoms with Crippen molar-refractivity contribution in [3.8, 4) is 0 Å². The molecule has 0 aromatic carbocycles. The molecule has 0 amide bonds. The number of anilines is 1. The number of pyridine rings is 1. The van der Waals surface area contributed by atoms with Crippen molar-refractivity contribution in [3.05, 3.63) is 23.5 Å². The van der Waals surface area contributed by atoms with Gasteiger partial charge in [0.1, 0.15) is 0 Å². The zero-order valence-electron chi connectivity index (χ0n) is 8.25. The van der Waals surface area contributed by atoms with Gasteiger partial charge in [0.25, 0.3) is 0 Å². The van der Waals surface area contributed by atoms with Gasteiger partial charge in [0.2, 0.25) is 0 Å². The quantitative estimate of drug-likeness (QED) is 0.735. The Morgan fingerprint density at radius 3 is 2.62 bits per heavy atom. The number of nitrogens with zero attached hydrogens (tertiary/aromatic N) is 1. The Morgan fingerprint density at radius 1 is 1.46 bits per heavy atom. The molecule has 0 aliphatic rings. The van der Waals surface area contributed by atoms with E-state index < -0.39 is 0 Å². The van der Waals surface area contributed by atoms with Gasteiger partial charge in [0.05, 0.1) is 11.4 Å². The Morgan fingerprint density at radius 2 is 2.15 bits per heavy atom. The number of nitrogens with two attached hydrogens (primary N) is 2. The van der Waals surface area contributed by atoms with Crippen LogP contribution in [0.1, 0.15) is 25.1 Å². The average Bonchev–Trinajstić information content (AvgIpc) is 2.08. The van der Waals surface area contributed by atoms with Crippen molar-refractivity contribution in [2.24, 2.45) is 11.7 Å². The highest BCUT2D eigenvalue weighted by atomic mass is 14.7. The van der Waals surface area contributed by atoms with Gasteiger partial charge in [-0.2, -0.15) is 0 Å². The molecule has 1 aromatic heterocycles. The Hall–Kier alpha value is -1.09. The third kappa shape index (κ3) is 2.70. The standard InChI is InChI=1S/C10H17N3/c1-7(2)3-10-9(12)4-8(5-11)6-13-10/h4,6-7H,3,5,11-12H2,1-2H3. The van der Waals surface area contributed by atoms with Crippen molar-refractivity contribution in [1.82, 2.24) is 4.98 Å². The van der Waals surface area contributed by atoms with Crippen molar-refractivity contribution >= 4 is 5.69 Å². The molecular weight excluding hydrogens is 162 g/mol.